The summed E-state index contributed by atoms with van der Waals surface area (Å²) in [6, 6.07) is 3.23. The molecule has 0 heterocycles. The van der Waals surface area contributed by atoms with Crippen molar-refractivity contribution in [2.24, 2.45) is 5.73 Å². The summed E-state index contributed by atoms with van der Waals surface area (Å²) in [6.45, 7) is 1.54. The number of nitrogens with two attached hydrogens (primary N) is 1. The first kappa shape index (κ1) is 15.8. The largest absolute Gasteiger partial charge is 0.468 e. The number of halogens is 2. The van der Waals surface area contributed by atoms with Crippen molar-refractivity contribution >= 4 is 35.1 Å². The molecule has 5 nitrogen and oxygen atoms in total. The molecule has 0 radical (unpaired) electrons. The van der Waals surface area contributed by atoms with Gasteiger partial charge < -0.3 is 10.5 Å². The maximum atomic E-state index is 11.8. The maximum Gasteiger partial charge on any atom is 0.327 e. The lowest BCUT2D eigenvalue weighted by atomic mass is 10.1. The van der Waals surface area contributed by atoms with Crippen molar-refractivity contribution in [3.05, 3.63) is 33.8 Å². The first-order chi connectivity index (χ1) is 8.88. The van der Waals surface area contributed by atoms with Crippen molar-refractivity contribution in [2.75, 3.05) is 7.11 Å². The van der Waals surface area contributed by atoms with E-state index in [1.807, 2.05) is 0 Å². The minimum atomic E-state index is -0.918. The van der Waals surface area contributed by atoms with Gasteiger partial charge >= 0.3 is 5.97 Å². The van der Waals surface area contributed by atoms with E-state index < -0.39 is 24.0 Å². The van der Waals surface area contributed by atoms with E-state index in [9.17, 15) is 9.59 Å². The normalized spacial score (nSPS) is 13.7. The van der Waals surface area contributed by atoms with Gasteiger partial charge in [-0.15, -0.1) is 0 Å². The van der Waals surface area contributed by atoms with Gasteiger partial charge in [-0.2, -0.15) is 0 Å². The molecule has 7 heteroatoms. The summed E-state index contributed by atoms with van der Waals surface area (Å²) < 4.78 is 4.69. The number of carbonyl (C=O) groups is 2. The van der Waals surface area contributed by atoms with E-state index in [0.29, 0.717) is 10.6 Å². The van der Waals surface area contributed by atoms with Gasteiger partial charge in [0.15, 0.2) is 0 Å². The molecule has 0 aromatic heterocycles. The van der Waals surface area contributed by atoms with Crippen molar-refractivity contribution in [1.29, 1.82) is 0 Å². The number of primary amides is 1. The van der Waals surface area contributed by atoms with E-state index in [-0.39, 0.29) is 5.02 Å². The third-order valence-corrected chi connectivity index (χ3v) is 3.41. The lowest BCUT2D eigenvalue weighted by Crippen LogP contribution is -2.43. The average molecular weight is 305 g/mol. The van der Waals surface area contributed by atoms with Crippen LogP contribution in [0.25, 0.3) is 0 Å². The van der Waals surface area contributed by atoms with Crippen LogP contribution in [0.15, 0.2) is 18.2 Å². The molecule has 0 bridgehead atoms. The maximum absolute atomic E-state index is 11.8. The van der Waals surface area contributed by atoms with Crippen molar-refractivity contribution in [2.45, 2.75) is 19.0 Å². The molecule has 0 saturated heterocycles. The summed E-state index contributed by atoms with van der Waals surface area (Å²) in [5.41, 5.74) is 5.58. The van der Waals surface area contributed by atoms with Gasteiger partial charge in [-0.05, 0) is 13.0 Å². The van der Waals surface area contributed by atoms with Crippen molar-refractivity contribution in [1.82, 2.24) is 5.32 Å². The number of ether oxygens (including phenoxy) is 1. The predicted octanol–water partition coefficient (Wildman–Crippen LogP) is 1.67. The Labute approximate surface area is 121 Å². The quantitative estimate of drug-likeness (QED) is 0.811. The third-order valence-electron chi connectivity index (χ3n) is 2.57. The molecule has 104 valence electrons. The molecular weight excluding hydrogens is 291 g/mol. The smallest absolute Gasteiger partial charge is 0.327 e. The molecule has 0 aliphatic rings. The Morgan fingerprint density at radius 2 is 2.00 bits per heavy atom. The first-order valence-electron chi connectivity index (χ1n) is 5.45. The van der Waals surface area contributed by atoms with Crippen LogP contribution in [0.1, 0.15) is 18.5 Å². The standard InChI is InChI=1S/C12H14Cl2N2O3/c1-6(11(15)17)16-10(12(18)19-2)7-4-3-5-8(13)9(7)14/h3-6,10,16H,1-2H3,(H2,15,17)/t6-,10+/m0/s1. The van der Waals surface area contributed by atoms with Crippen LogP contribution < -0.4 is 11.1 Å². The zero-order valence-electron chi connectivity index (χ0n) is 10.4. The summed E-state index contributed by atoms with van der Waals surface area (Å²) >= 11 is 12.0. The second-order valence-corrected chi connectivity index (χ2v) is 4.68. The molecule has 2 atom stereocenters. The van der Waals surface area contributed by atoms with E-state index in [1.54, 1.807) is 18.2 Å². The van der Waals surface area contributed by atoms with Gasteiger partial charge in [-0.3, -0.25) is 10.1 Å². The van der Waals surface area contributed by atoms with Gasteiger partial charge in [-0.1, -0.05) is 35.3 Å². The summed E-state index contributed by atoms with van der Waals surface area (Å²) in [6.07, 6.45) is 0. The fourth-order valence-electron chi connectivity index (χ4n) is 1.48. The molecule has 0 fully saturated rings. The van der Waals surface area contributed by atoms with Crippen molar-refractivity contribution in [3.63, 3.8) is 0 Å². The Morgan fingerprint density at radius 1 is 1.37 bits per heavy atom. The highest BCUT2D eigenvalue weighted by atomic mass is 35.5. The third kappa shape index (κ3) is 3.83. The molecule has 0 spiro atoms. The molecule has 0 aliphatic heterocycles. The summed E-state index contributed by atoms with van der Waals surface area (Å²) in [5, 5.41) is 3.29. The lowest BCUT2D eigenvalue weighted by molar-refractivity contribution is -0.143. The zero-order valence-corrected chi connectivity index (χ0v) is 12.0. The van der Waals surface area contributed by atoms with Crippen LogP contribution in [0.5, 0.6) is 0 Å². The molecule has 1 aromatic rings. The van der Waals surface area contributed by atoms with Gasteiger partial charge in [0.2, 0.25) is 5.91 Å². The van der Waals surface area contributed by atoms with E-state index in [4.69, 9.17) is 28.9 Å². The van der Waals surface area contributed by atoms with Crippen LogP contribution >= 0.6 is 23.2 Å². The second kappa shape index (κ2) is 6.75. The Balaban J connectivity index is 3.13. The highest BCUT2D eigenvalue weighted by Crippen LogP contribution is 2.30. The van der Waals surface area contributed by atoms with Crippen LogP contribution in [-0.2, 0) is 14.3 Å². The Kier molecular flexibility index (Phi) is 5.60. The molecule has 1 amide bonds. The minimum Gasteiger partial charge on any atom is -0.468 e. The number of hydrogen-bond donors (Lipinski definition) is 2. The summed E-state index contributed by atoms with van der Waals surface area (Å²) in [5.74, 6) is -1.18. The molecular formula is C12H14Cl2N2O3. The highest BCUT2D eigenvalue weighted by Gasteiger charge is 2.27. The number of carbonyl (C=O) groups excluding carboxylic acids is 2. The Hall–Kier alpha value is -1.30. The molecule has 19 heavy (non-hydrogen) atoms. The fourth-order valence-corrected chi connectivity index (χ4v) is 1.90. The molecule has 1 aromatic carbocycles. The summed E-state index contributed by atoms with van der Waals surface area (Å²) in [4.78, 5) is 22.9. The van der Waals surface area contributed by atoms with Gasteiger partial charge in [0.25, 0.3) is 0 Å². The van der Waals surface area contributed by atoms with Crippen LogP contribution in [0.3, 0.4) is 0 Å². The van der Waals surface area contributed by atoms with Crippen LogP contribution in [0.4, 0.5) is 0 Å². The number of esters is 1. The number of nitrogens with one attached hydrogen (secondary N) is 1. The second-order valence-electron chi connectivity index (χ2n) is 3.89. The van der Waals surface area contributed by atoms with Crippen LogP contribution in [0, 0.1) is 0 Å². The minimum absolute atomic E-state index is 0.226. The molecule has 0 unspecified atom stereocenters. The molecule has 0 saturated carbocycles. The topological polar surface area (TPSA) is 81.4 Å². The summed E-state index contributed by atoms with van der Waals surface area (Å²) in [7, 11) is 1.24. The zero-order chi connectivity index (χ0) is 14.6. The first-order valence-corrected chi connectivity index (χ1v) is 6.21. The van der Waals surface area contributed by atoms with Gasteiger partial charge in [-0.25, -0.2) is 4.79 Å². The number of amides is 1. The number of methoxy groups -OCH3 is 1. The molecule has 1 rings (SSSR count). The van der Waals surface area contributed by atoms with Crippen molar-refractivity contribution in [3.8, 4) is 0 Å². The fraction of sp³-hybridized carbons (Fsp3) is 0.333. The molecule has 3 N–H and O–H groups in total. The van der Waals surface area contributed by atoms with Gasteiger partial charge in [0, 0.05) is 5.56 Å². The van der Waals surface area contributed by atoms with Crippen LogP contribution in [0.2, 0.25) is 10.0 Å². The highest BCUT2D eigenvalue weighted by molar-refractivity contribution is 6.42. The van der Waals surface area contributed by atoms with E-state index in [2.05, 4.69) is 10.1 Å². The number of hydrogen-bond acceptors (Lipinski definition) is 4. The van der Waals surface area contributed by atoms with Gasteiger partial charge in [0.1, 0.15) is 6.04 Å². The number of rotatable bonds is 5. The van der Waals surface area contributed by atoms with E-state index >= 15 is 0 Å². The van der Waals surface area contributed by atoms with E-state index in [1.165, 1.54) is 14.0 Å². The van der Waals surface area contributed by atoms with E-state index in [0.717, 1.165) is 0 Å². The lowest BCUT2D eigenvalue weighted by Gasteiger charge is -2.21. The monoisotopic (exact) mass is 304 g/mol. The van der Waals surface area contributed by atoms with Gasteiger partial charge in [0.05, 0.1) is 23.2 Å². The Bertz CT molecular complexity index is 494. The molecule has 0 aliphatic carbocycles. The average Bonchev–Trinajstić information content (AvgIpc) is 2.38. The predicted molar refractivity (Wildman–Crippen MR) is 73.0 cm³/mol. The SMILES string of the molecule is COC(=O)[C@H](N[C@@H](C)C(N)=O)c1cccc(Cl)c1Cl. The van der Waals surface area contributed by atoms with Crippen LogP contribution in [-0.4, -0.2) is 25.0 Å². The number of benzene rings is 1. The Morgan fingerprint density at radius 3 is 2.53 bits per heavy atom. The van der Waals surface area contributed by atoms with Crippen molar-refractivity contribution < 1.29 is 14.3 Å².